The summed E-state index contributed by atoms with van der Waals surface area (Å²) in [5.41, 5.74) is 6.56. The molecule has 3 aliphatic rings. The lowest BCUT2D eigenvalue weighted by Gasteiger charge is -2.38. The zero-order valence-corrected chi connectivity index (χ0v) is 29.9. The molecule has 0 unspecified atom stereocenters. The highest BCUT2D eigenvalue weighted by Gasteiger charge is 2.51. The zero-order chi connectivity index (χ0) is 34.6. The van der Waals surface area contributed by atoms with Crippen LogP contribution in [0.3, 0.4) is 0 Å². The van der Waals surface area contributed by atoms with E-state index in [1.54, 1.807) is 0 Å². The molecule has 0 saturated carbocycles. The highest BCUT2D eigenvalue weighted by Crippen LogP contribution is 2.46. The van der Waals surface area contributed by atoms with Crippen molar-refractivity contribution in [1.29, 1.82) is 0 Å². The van der Waals surface area contributed by atoms with Crippen molar-refractivity contribution in [2.75, 3.05) is 19.7 Å². The van der Waals surface area contributed by atoms with Crippen LogP contribution in [0.25, 0.3) is 11.1 Å². The van der Waals surface area contributed by atoms with Crippen LogP contribution in [-0.4, -0.2) is 60.5 Å². The Labute approximate surface area is 285 Å². The van der Waals surface area contributed by atoms with E-state index in [9.17, 15) is 9.59 Å². The van der Waals surface area contributed by atoms with Crippen molar-refractivity contribution in [2.24, 2.45) is 0 Å². The topological polar surface area (TPSA) is 86.3 Å². The largest absolute Gasteiger partial charge is 0.494 e. The zero-order valence-electron chi connectivity index (χ0n) is 29.9. The van der Waals surface area contributed by atoms with Crippen LogP contribution in [0.15, 0.2) is 54.6 Å². The summed E-state index contributed by atoms with van der Waals surface area (Å²) in [6, 6.07) is 18.5. The Morgan fingerprint density at radius 1 is 0.938 bits per heavy atom. The monoisotopic (exact) mass is 652 g/mol. The molecule has 8 nitrogen and oxygen atoms in total. The maximum Gasteiger partial charge on any atom is 0.494 e. The van der Waals surface area contributed by atoms with E-state index >= 15 is 0 Å². The number of benzene rings is 3. The normalized spacial score (nSPS) is 19.2. The first-order valence-corrected chi connectivity index (χ1v) is 17.1. The molecule has 3 aromatic carbocycles. The smallest absolute Gasteiger partial charge is 0.492 e. The number of amides is 2. The number of ether oxygens (including phenoxy) is 2. The highest BCUT2D eigenvalue weighted by molar-refractivity contribution is 6.62. The van der Waals surface area contributed by atoms with E-state index in [0.717, 1.165) is 57.4 Å². The van der Waals surface area contributed by atoms with Crippen LogP contribution in [-0.2, 0) is 26.0 Å². The maximum atomic E-state index is 14.0. The highest BCUT2D eigenvalue weighted by atomic mass is 16.7. The van der Waals surface area contributed by atoms with Crippen LogP contribution in [0.1, 0.15) is 93.9 Å². The number of fused-ring (bicyclic) bond motifs is 2. The third kappa shape index (κ3) is 6.59. The van der Waals surface area contributed by atoms with E-state index in [-0.39, 0.29) is 11.3 Å². The fraction of sp³-hybridized carbons (Fsp3) is 0.487. The van der Waals surface area contributed by atoms with E-state index in [4.69, 9.17) is 18.8 Å². The van der Waals surface area contributed by atoms with Crippen LogP contribution >= 0.6 is 0 Å². The van der Waals surface area contributed by atoms with E-state index in [2.05, 4.69) is 65.1 Å². The van der Waals surface area contributed by atoms with Crippen LogP contribution < -0.4 is 15.5 Å². The molecule has 2 amide bonds. The standard InChI is InChI=1S/C39H49BN2O6/c1-25-19-29(22-31(26(25)2)28-11-10-12-30(21-28)40-47-37(6,7)38(8,9)48-40)34(43)42-17-15-39(16-18-42)24-45-33-14-13-27(20-32(33)39)23-41-35(44)46-36(3,4)5/h10-14,19-22H,15-18,23-24H2,1-9H3,(H,41,44). The summed E-state index contributed by atoms with van der Waals surface area (Å²) in [5.74, 6) is 0.933. The summed E-state index contributed by atoms with van der Waals surface area (Å²) in [5, 5.41) is 2.86. The fourth-order valence-corrected chi connectivity index (χ4v) is 6.86. The Kier molecular flexibility index (Phi) is 8.70. The summed E-state index contributed by atoms with van der Waals surface area (Å²) in [6.07, 6.45) is 1.18. The molecule has 2 fully saturated rings. The number of aryl methyl sites for hydroxylation is 1. The summed E-state index contributed by atoms with van der Waals surface area (Å²) in [6.45, 7) is 20.2. The first-order valence-electron chi connectivity index (χ1n) is 17.1. The number of carbonyl (C=O) groups is 2. The maximum absolute atomic E-state index is 14.0. The average molecular weight is 653 g/mol. The van der Waals surface area contributed by atoms with Crippen molar-refractivity contribution in [3.8, 4) is 16.9 Å². The Bertz CT molecular complexity index is 1720. The Balaban J connectivity index is 1.16. The van der Waals surface area contributed by atoms with E-state index < -0.39 is 30.0 Å². The number of hydrogen-bond donors (Lipinski definition) is 1. The molecular weight excluding hydrogens is 603 g/mol. The number of likely N-dealkylation sites (tertiary alicyclic amines) is 1. The first kappa shape index (κ1) is 34.1. The quantitative estimate of drug-likeness (QED) is 0.303. The van der Waals surface area contributed by atoms with Gasteiger partial charge in [0.1, 0.15) is 11.4 Å². The van der Waals surface area contributed by atoms with Gasteiger partial charge in [-0.15, -0.1) is 0 Å². The van der Waals surface area contributed by atoms with Gasteiger partial charge in [0.2, 0.25) is 0 Å². The molecule has 0 aliphatic carbocycles. The lowest BCUT2D eigenvalue weighted by Crippen LogP contribution is -2.46. The summed E-state index contributed by atoms with van der Waals surface area (Å²) in [7, 11) is -0.455. The van der Waals surface area contributed by atoms with Gasteiger partial charge in [0.15, 0.2) is 0 Å². The van der Waals surface area contributed by atoms with E-state index in [1.807, 2.05) is 62.1 Å². The minimum Gasteiger partial charge on any atom is -0.492 e. The van der Waals surface area contributed by atoms with Crippen molar-refractivity contribution in [3.63, 3.8) is 0 Å². The fourth-order valence-electron chi connectivity index (χ4n) is 6.86. The predicted molar refractivity (Wildman–Crippen MR) is 189 cm³/mol. The molecule has 9 heteroatoms. The average Bonchev–Trinajstić information content (AvgIpc) is 3.48. The molecule has 3 aromatic rings. The molecule has 0 atom stereocenters. The Morgan fingerprint density at radius 2 is 1.62 bits per heavy atom. The van der Waals surface area contributed by atoms with Gasteiger partial charge in [-0.2, -0.15) is 0 Å². The molecule has 1 spiro atoms. The van der Waals surface area contributed by atoms with Crippen molar-refractivity contribution in [1.82, 2.24) is 10.2 Å². The number of nitrogens with zero attached hydrogens (tertiary/aromatic N) is 1. The lowest BCUT2D eigenvalue weighted by molar-refractivity contribution is 0.00578. The van der Waals surface area contributed by atoms with Gasteiger partial charge in [0, 0.05) is 36.2 Å². The lowest BCUT2D eigenvalue weighted by atomic mass is 9.74. The molecular formula is C39H49BN2O6. The number of rotatable bonds is 5. The Hall–Kier alpha value is -3.82. The first-order chi connectivity index (χ1) is 22.5. The number of piperidine rings is 1. The van der Waals surface area contributed by atoms with Crippen LogP contribution in [0.5, 0.6) is 5.75 Å². The molecule has 1 N–H and O–H groups in total. The summed E-state index contributed by atoms with van der Waals surface area (Å²) in [4.78, 5) is 28.2. The van der Waals surface area contributed by atoms with Gasteiger partial charge in [-0.25, -0.2) is 4.79 Å². The Morgan fingerprint density at radius 3 is 2.29 bits per heavy atom. The van der Waals surface area contributed by atoms with Gasteiger partial charge < -0.3 is 29.0 Å². The molecule has 0 radical (unpaired) electrons. The molecule has 6 rings (SSSR count). The molecule has 0 bridgehead atoms. The number of hydrogen-bond acceptors (Lipinski definition) is 6. The minimum absolute atomic E-state index is 0.0470. The predicted octanol–water partition coefficient (Wildman–Crippen LogP) is 6.86. The SMILES string of the molecule is Cc1cc(C(=O)N2CCC3(CC2)COc2ccc(CNC(=O)OC(C)(C)C)cc23)cc(-c2cccc(B3OC(C)(C)C(C)(C)O3)c2)c1C. The van der Waals surface area contributed by atoms with Crippen LogP contribution in [0, 0.1) is 13.8 Å². The molecule has 48 heavy (non-hydrogen) atoms. The van der Waals surface area contributed by atoms with Crippen molar-refractivity contribution in [3.05, 3.63) is 82.4 Å². The van der Waals surface area contributed by atoms with Gasteiger partial charge in [-0.1, -0.05) is 30.3 Å². The minimum atomic E-state index is -0.551. The molecule has 3 aliphatic heterocycles. The summed E-state index contributed by atoms with van der Waals surface area (Å²) >= 11 is 0. The number of alkyl carbamates (subject to hydrolysis) is 1. The number of carbonyl (C=O) groups excluding carboxylic acids is 2. The third-order valence-corrected chi connectivity index (χ3v) is 10.6. The third-order valence-electron chi connectivity index (χ3n) is 10.6. The van der Waals surface area contributed by atoms with Crippen LogP contribution in [0.2, 0.25) is 0 Å². The van der Waals surface area contributed by atoms with Gasteiger partial charge in [-0.05, 0) is 133 Å². The van der Waals surface area contributed by atoms with Crippen molar-refractivity contribution in [2.45, 2.75) is 104 Å². The molecule has 0 aromatic heterocycles. The van der Waals surface area contributed by atoms with E-state index in [1.165, 1.54) is 0 Å². The summed E-state index contributed by atoms with van der Waals surface area (Å²) < 4.78 is 24.2. The van der Waals surface area contributed by atoms with Crippen molar-refractivity contribution >= 4 is 24.6 Å². The van der Waals surface area contributed by atoms with Gasteiger partial charge in [0.05, 0.1) is 17.8 Å². The second kappa shape index (κ2) is 12.3. The molecule has 2 saturated heterocycles. The van der Waals surface area contributed by atoms with Crippen molar-refractivity contribution < 1.29 is 28.4 Å². The molecule has 254 valence electrons. The van der Waals surface area contributed by atoms with Gasteiger partial charge >= 0.3 is 13.2 Å². The van der Waals surface area contributed by atoms with Gasteiger partial charge in [-0.3, -0.25) is 4.79 Å². The van der Waals surface area contributed by atoms with E-state index in [0.29, 0.717) is 31.8 Å². The molecule has 3 heterocycles. The number of nitrogens with one attached hydrogen (secondary N) is 1. The van der Waals surface area contributed by atoms with Crippen LogP contribution in [0.4, 0.5) is 4.79 Å². The van der Waals surface area contributed by atoms with Gasteiger partial charge in [0.25, 0.3) is 5.91 Å². The second-order valence-corrected chi connectivity index (χ2v) is 15.7. The second-order valence-electron chi connectivity index (χ2n) is 15.7.